The first kappa shape index (κ1) is 6.92. The highest BCUT2D eigenvalue weighted by atomic mass is 16.3. The molecule has 0 amide bonds. The number of hydrogen-bond acceptors (Lipinski definition) is 2. The van der Waals surface area contributed by atoms with E-state index in [0.717, 1.165) is 13.1 Å². The van der Waals surface area contributed by atoms with E-state index in [1.807, 2.05) is 13.8 Å². The van der Waals surface area contributed by atoms with E-state index in [9.17, 15) is 0 Å². The van der Waals surface area contributed by atoms with E-state index >= 15 is 0 Å². The van der Waals surface area contributed by atoms with Crippen molar-refractivity contribution < 1.29 is 5.11 Å². The maximum atomic E-state index is 8.39. The van der Waals surface area contributed by atoms with E-state index in [1.54, 1.807) is 0 Å². The van der Waals surface area contributed by atoms with Gasteiger partial charge in [-0.3, -0.25) is 0 Å². The van der Waals surface area contributed by atoms with Crippen LogP contribution in [0, 0.1) is 0 Å². The Balaban J connectivity index is 0.000000162. The van der Waals surface area contributed by atoms with Crippen LogP contribution in [0.3, 0.4) is 0 Å². The molecule has 0 bridgehead atoms. The number of rotatable bonds is 0. The second kappa shape index (κ2) is 4.09. The largest absolute Gasteiger partial charge is 0.390 e. The fraction of sp³-hybridized carbons (Fsp3) is 1.00. The van der Waals surface area contributed by atoms with E-state index in [0.29, 0.717) is 0 Å². The predicted molar refractivity (Wildman–Crippen MR) is 30.2 cm³/mol. The van der Waals surface area contributed by atoms with Crippen molar-refractivity contribution in [2.24, 2.45) is 0 Å². The third kappa shape index (κ3) is 2.60. The van der Waals surface area contributed by atoms with Crippen LogP contribution in [0.15, 0.2) is 0 Å². The van der Waals surface area contributed by atoms with Gasteiger partial charge in [0.25, 0.3) is 0 Å². The first-order valence-corrected chi connectivity index (χ1v) is 2.78. The van der Waals surface area contributed by atoms with E-state index in [2.05, 4.69) is 5.32 Å². The minimum absolute atomic E-state index is 0.0463. The summed E-state index contributed by atoms with van der Waals surface area (Å²) in [5, 5.41) is 11.3. The maximum absolute atomic E-state index is 8.39. The molecule has 0 unspecified atom stereocenters. The highest BCUT2D eigenvalue weighted by Crippen LogP contribution is 1.85. The van der Waals surface area contributed by atoms with Crippen molar-refractivity contribution in [3.8, 4) is 0 Å². The molecule has 2 nitrogen and oxygen atoms in total. The molecule has 0 aromatic heterocycles. The van der Waals surface area contributed by atoms with Crippen LogP contribution in [0.2, 0.25) is 0 Å². The SMILES string of the molecule is CC.OC1CNC1. The molecule has 7 heavy (non-hydrogen) atoms. The average Bonchev–Trinajstić information content (AvgIpc) is 1.68. The van der Waals surface area contributed by atoms with Crippen molar-refractivity contribution in [1.29, 1.82) is 0 Å². The molecule has 1 aliphatic rings. The molecular formula is C5H13NO. The summed E-state index contributed by atoms with van der Waals surface area (Å²) in [5.74, 6) is 0. The minimum atomic E-state index is -0.0463. The van der Waals surface area contributed by atoms with Gasteiger partial charge in [-0.25, -0.2) is 0 Å². The van der Waals surface area contributed by atoms with Gasteiger partial charge in [0.15, 0.2) is 0 Å². The van der Waals surface area contributed by atoms with Crippen LogP contribution in [-0.2, 0) is 0 Å². The fourth-order valence-electron chi connectivity index (χ4n) is 0.273. The molecule has 1 rings (SSSR count). The Morgan fingerprint density at radius 2 is 1.71 bits per heavy atom. The summed E-state index contributed by atoms with van der Waals surface area (Å²) in [4.78, 5) is 0. The third-order valence-electron chi connectivity index (χ3n) is 0.760. The Labute approximate surface area is 44.5 Å². The minimum Gasteiger partial charge on any atom is -0.390 e. The van der Waals surface area contributed by atoms with Crippen LogP contribution in [0.25, 0.3) is 0 Å². The van der Waals surface area contributed by atoms with Gasteiger partial charge in [0.05, 0.1) is 6.10 Å². The van der Waals surface area contributed by atoms with Crippen molar-refractivity contribution in [1.82, 2.24) is 5.32 Å². The number of aliphatic hydroxyl groups excluding tert-OH is 1. The molecule has 0 aromatic rings. The number of β-amino-alcohol motifs (C(OH)–C–C–N with tert-alkyl or cyclic N) is 1. The molecule has 0 saturated carbocycles. The normalized spacial score (nSPS) is 19.3. The summed E-state index contributed by atoms with van der Waals surface area (Å²) in [5.41, 5.74) is 0. The van der Waals surface area contributed by atoms with Crippen LogP contribution >= 0.6 is 0 Å². The van der Waals surface area contributed by atoms with Gasteiger partial charge in [-0.1, -0.05) is 13.8 Å². The molecule has 2 N–H and O–H groups in total. The van der Waals surface area contributed by atoms with Gasteiger partial charge in [-0.05, 0) is 0 Å². The van der Waals surface area contributed by atoms with E-state index < -0.39 is 0 Å². The van der Waals surface area contributed by atoms with E-state index in [1.165, 1.54) is 0 Å². The predicted octanol–water partition coefficient (Wildman–Crippen LogP) is -0.0233. The molecule has 0 radical (unpaired) electrons. The first-order valence-electron chi connectivity index (χ1n) is 2.78. The summed E-state index contributed by atoms with van der Waals surface area (Å²) in [6.45, 7) is 5.58. The Morgan fingerprint density at radius 3 is 1.71 bits per heavy atom. The zero-order valence-corrected chi connectivity index (χ0v) is 4.94. The highest BCUT2D eigenvalue weighted by Gasteiger charge is 2.10. The maximum Gasteiger partial charge on any atom is 0.0788 e. The lowest BCUT2D eigenvalue weighted by atomic mass is 10.2. The fourth-order valence-corrected chi connectivity index (χ4v) is 0.273. The van der Waals surface area contributed by atoms with Gasteiger partial charge < -0.3 is 10.4 Å². The Bertz CT molecular complexity index is 35.1. The second-order valence-corrected chi connectivity index (χ2v) is 1.31. The van der Waals surface area contributed by atoms with E-state index in [4.69, 9.17) is 5.11 Å². The Hall–Kier alpha value is -0.0800. The summed E-state index contributed by atoms with van der Waals surface area (Å²) < 4.78 is 0. The summed E-state index contributed by atoms with van der Waals surface area (Å²) in [7, 11) is 0. The smallest absolute Gasteiger partial charge is 0.0788 e. The molecule has 0 aliphatic carbocycles. The lowest BCUT2D eigenvalue weighted by molar-refractivity contribution is 0.117. The van der Waals surface area contributed by atoms with Crippen molar-refractivity contribution in [2.75, 3.05) is 13.1 Å². The lowest BCUT2D eigenvalue weighted by Crippen LogP contribution is -2.46. The number of hydrogen-bond donors (Lipinski definition) is 2. The molecule has 1 aliphatic heterocycles. The van der Waals surface area contributed by atoms with Gasteiger partial charge in [-0.2, -0.15) is 0 Å². The van der Waals surface area contributed by atoms with Gasteiger partial charge in [0.1, 0.15) is 0 Å². The monoisotopic (exact) mass is 103 g/mol. The molecule has 0 aromatic carbocycles. The van der Waals surface area contributed by atoms with Crippen molar-refractivity contribution in [3.05, 3.63) is 0 Å². The van der Waals surface area contributed by atoms with Gasteiger partial charge in [0, 0.05) is 13.1 Å². The Morgan fingerprint density at radius 1 is 1.43 bits per heavy atom. The summed E-state index contributed by atoms with van der Waals surface area (Å²) in [6, 6.07) is 0. The summed E-state index contributed by atoms with van der Waals surface area (Å²) >= 11 is 0. The molecule has 44 valence electrons. The van der Waals surface area contributed by atoms with Crippen molar-refractivity contribution in [3.63, 3.8) is 0 Å². The summed E-state index contributed by atoms with van der Waals surface area (Å²) in [6.07, 6.45) is -0.0463. The van der Waals surface area contributed by atoms with Crippen LogP contribution < -0.4 is 5.32 Å². The highest BCUT2D eigenvalue weighted by molar-refractivity contribution is 4.71. The lowest BCUT2D eigenvalue weighted by Gasteiger charge is -2.20. The molecular weight excluding hydrogens is 90.1 g/mol. The van der Waals surface area contributed by atoms with Gasteiger partial charge in [0.2, 0.25) is 0 Å². The zero-order valence-electron chi connectivity index (χ0n) is 4.94. The topological polar surface area (TPSA) is 32.3 Å². The van der Waals surface area contributed by atoms with Crippen molar-refractivity contribution in [2.45, 2.75) is 20.0 Å². The molecule has 1 saturated heterocycles. The molecule has 0 spiro atoms. The second-order valence-electron chi connectivity index (χ2n) is 1.31. The van der Waals surface area contributed by atoms with Gasteiger partial charge in [-0.15, -0.1) is 0 Å². The quantitative estimate of drug-likeness (QED) is 0.451. The number of nitrogens with one attached hydrogen (secondary N) is 1. The average molecular weight is 103 g/mol. The molecule has 1 heterocycles. The molecule has 2 heteroatoms. The molecule has 0 atom stereocenters. The van der Waals surface area contributed by atoms with Crippen LogP contribution in [-0.4, -0.2) is 24.3 Å². The first-order chi connectivity index (χ1) is 3.39. The standard InChI is InChI=1S/C3H7NO.C2H6/c5-3-1-4-2-3;1-2/h3-5H,1-2H2;1-2H3. The molecule has 1 fully saturated rings. The van der Waals surface area contributed by atoms with Crippen LogP contribution in [0.4, 0.5) is 0 Å². The van der Waals surface area contributed by atoms with Crippen molar-refractivity contribution >= 4 is 0 Å². The third-order valence-corrected chi connectivity index (χ3v) is 0.760. The number of aliphatic hydroxyl groups is 1. The van der Waals surface area contributed by atoms with E-state index in [-0.39, 0.29) is 6.10 Å². The zero-order chi connectivity index (χ0) is 5.70. The van der Waals surface area contributed by atoms with Crippen LogP contribution in [0.5, 0.6) is 0 Å². The Kier molecular flexibility index (Phi) is 4.04. The van der Waals surface area contributed by atoms with Gasteiger partial charge >= 0.3 is 0 Å². The van der Waals surface area contributed by atoms with Crippen LogP contribution in [0.1, 0.15) is 13.8 Å².